The number of morpholine rings is 1. The summed E-state index contributed by atoms with van der Waals surface area (Å²) < 4.78 is 8.95. The van der Waals surface area contributed by atoms with Crippen molar-refractivity contribution in [1.82, 2.24) is 14.9 Å². The smallest absolute Gasteiger partial charge is 0.112 e. The van der Waals surface area contributed by atoms with Crippen LogP contribution in [0.3, 0.4) is 0 Å². The van der Waals surface area contributed by atoms with Crippen LogP contribution in [-0.2, 0) is 18.2 Å². The van der Waals surface area contributed by atoms with Gasteiger partial charge in [0.1, 0.15) is 5.82 Å². The molecule has 1 N–H and O–H groups in total. The van der Waals surface area contributed by atoms with Crippen LogP contribution < -0.4 is 5.32 Å². The van der Waals surface area contributed by atoms with E-state index >= 15 is 0 Å². The Morgan fingerprint density at radius 2 is 2.44 bits per heavy atom. The Kier molecular flexibility index (Phi) is 3.37. The molecule has 18 heavy (non-hydrogen) atoms. The number of ether oxygens (including phenoxy) is 1. The first-order valence-corrected chi connectivity index (χ1v) is 6.96. The van der Waals surface area contributed by atoms with E-state index in [4.69, 9.17) is 9.72 Å². The molecule has 96 valence electrons. The molecule has 0 aliphatic carbocycles. The van der Waals surface area contributed by atoms with Gasteiger partial charge in [-0.1, -0.05) is 15.9 Å². The fraction of sp³-hybridized carbons (Fsp3) is 0.462. The van der Waals surface area contributed by atoms with Gasteiger partial charge in [-0.05, 0) is 18.2 Å². The Hall–Kier alpha value is -0.910. The van der Waals surface area contributed by atoms with E-state index in [2.05, 4.69) is 45.0 Å². The predicted molar refractivity (Wildman–Crippen MR) is 74.7 cm³/mol. The van der Waals surface area contributed by atoms with Crippen molar-refractivity contribution in [1.29, 1.82) is 0 Å². The Morgan fingerprint density at radius 3 is 3.22 bits per heavy atom. The van der Waals surface area contributed by atoms with Gasteiger partial charge in [0.05, 0.1) is 23.7 Å². The second-order valence-corrected chi connectivity index (χ2v) is 5.54. The average Bonchev–Trinajstić information content (AvgIpc) is 2.67. The summed E-state index contributed by atoms with van der Waals surface area (Å²) in [5.74, 6) is 1.08. The number of hydrogen-bond acceptors (Lipinski definition) is 3. The Morgan fingerprint density at radius 1 is 1.56 bits per heavy atom. The van der Waals surface area contributed by atoms with E-state index in [-0.39, 0.29) is 6.10 Å². The number of hydrogen-bond donors (Lipinski definition) is 1. The molecule has 1 aromatic heterocycles. The largest absolute Gasteiger partial charge is 0.375 e. The van der Waals surface area contributed by atoms with E-state index in [1.54, 1.807) is 0 Å². The maximum absolute atomic E-state index is 5.73. The number of aryl methyl sites for hydroxylation is 1. The van der Waals surface area contributed by atoms with E-state index in [0.717, 1.165) is 47.4 Å². The number of nitrogens with one attached hydrogen (secondary N) is 1. The highest BCUT2D eigenvalue weighted by atomic mass is 79.9. The normalized spacial score (nSPS) is 20.4. The summed E-state index contributed by atoms with van der Waals surface area (Å²) in [7, 11) is 2.06. The molecule has 1 saturated heterocycles. The van der Waals surface area contributed by atoms with Gasteiger partial charge >= 0.3 is 0 Å². The van der Waals surface area contributed by atoms with Crippen molar-refractivity contribution < 1.29 is 4.74 Å². The van der Waals surface area contributed by atoms with Gasteiger partial charge in [-0.15, -0.1) is 0 Å². The highest BCUT2D eigenvalue weighted by molar-refractivity contribution is 9.10. The summed E-state index contributed by atoms with van der Waals surface area (Å²) in [5.41, 5.74) is 2.20. The molecule has 1 atom stereocenters. The van der Waals surface area contributed by atoms with Gasteiger partial charge in [0.15, 0.2) is 0 Å². The maximum Gasteiger partial charge on any atom is 0.112 e. The zero-order valence-electron chi connectivity index (χ0n) is 10.3. The van der Waals surface area contributed by atoms with Crippen LogP contribution in [0.15, 0.2) is 22.7 Å². The van der Waals surface area contributed by atoms with Crippen LogP contribution in [0, 0.1) is 0 Å². The monoisotopic (exact) mass is 309 g/mol. The van der Waals surface area contributed by atoms with Gasteiger partial charge in [-0.3, -0.25) is 0 Å². The zero-order valence-corrected chi connectivity index (χ0v) is 11.9. The van der Waals surface area contributed by atoms with Crippen LogP contribution in [0.25, 0.3) is 11.0 Å². The van der Waals surface area contributed by atoms with E-state index in [1.807, 2.05) is 6.07 Å². The van der Waals surface area contributed by atoms with E-state index in [0.29, 0.717) is 0 Å². The number of benzene rings is 1. The Bertz CT molecular complexity index is 561. The first-order chi connectivity index (χ1) is 8.74. The lowest BCUT2D eigenvalue weighted by molar-refractivity contribution is 0.0277. The molecule has 2 heterocycles. The summed E-state index contributed by atoms with van der Waals surface area (Å²) in [6.07, 6.45) is 1.09. The van der Waals surface area contributed by atoms with Crippen LogP contribution in [0.5, 0.6) is 0 Å². The molecule has 2 aromatic rings. The van der Waals surface area contributed by atoms with E-state index in [1.165, 1.54) is 0 Å². The maximum atomic E-state index is 5.73. The first kappa shape index (κ1) is 12.1. The van der Waals surface area contributed by atoms with Gasteiger partial charge in [-0.2, -0.15) is 0 Å². The van der Waals surface area contributed by atoms with Crippen molar-refractivity contribution in [2.75, 3.05) is 19.7 Å². The van der Waals surface area contributed by atoms with Crippen LogP contribution in [0.4, 0.5) is 0 Å². The fourth-order valence-corrected chi connectivity index (χ4v) is 2.71. The number of imidazole rings is 1. The molecule has 1 aliphatic rings. The van der Waals surface area contributed by atoms with Crippen molar-refractivity contribution in [3.05, 3.63) is 28.5 Å². The van der Waals surface area contributed by atoms with Crippen molar-refractivity contribution >= 4 is 27.0 Å². The molecule has 1 aliphatic heterocycles. The van der Waals surface area contributed by atoms with Gasteiger partial charge < -0.3 is 14.6 Å². The third kappa shape index (κ3) is 2.30. The molecule has 0 radical (unpaired) electrons. The first-order valence-electron chi connectivity index (χ1n) is 6.17. The van der Waals surface area contributed by atoms with E-state index in [9.17, 15) is 0 Å². The molecule has 3 rings (SSSR count). The molecule has 0 amide bonds. The summed E-state index contributed by atoms with van der Waals surface area (Å²) in [6, 6.07) is 6.20. The summed E-state index contributed by atoms with van der Waals surface area (Å²) in [5, 5.41) is 3.35. The van der Waals surface area contributed by atoms with Gasteiger partial charge in [0, 0.05) is 31.0 Å². The van der Waals surface area contributed by atoms with Crippen molar-refractivity contribution in [2.24, 2.45) is 7.05 Å². The SMILES string of the molecule is Cn1c(CC2CNCCO2)nc2cc(Br)ccc21. The molecule has 4 nitrogen and oxygen atoms in total. The quantitative estimate of drug-likeness (QED) is 0.920. The van der Waals surface area contributed by atoms with Gasteiger partial charge in [0.25, 0.3) is 0 Å². The summed E-state index contributed by atoms with van der Waals surface area (Å²) >= 11 is 3.48. The zero-order chi connectivity index (χ0) is 12.5. The predicted octanol–water partition coefficient (Wildman–Crippen LogP) is 1.87. The standard InChI is InChI=1S/C13H16BrN3O/c1-17-12-3-2-9(14)6-11(12)16-13(17)7-10-8-15-4-5-18-10/h2-3,6,10,15H,4-5,7-8H2,1H3. The van der Waals surface area contributed by atoms with Crippen LogP contribution in [0.2, 0.25) is 0 Å². The third-order valence-electron chi connectivity index (χ3n) is 3.35. The molecule has 1 fully saturated rings. The molecule has 0 saturated carbocycles. The van der Waals surface area contributed by atoms with Crippen LogP contribution >= 0.6 is 15.9 Å². The Labute approximate surface area is 114 Å². The van der Waals surface area contributed by atoms with Crippen molar-refractivity contribution in [3.63, 3.8) is 0 Å². The molecule has 5 heteroatoms. The second-order valence-electron chi connectivity index (χ2n) is 4.62. The number of halogens is 1. The van der Waals surface area contributed by atoms with Gasteiger partial charge in [-0.25, -0.2) is 4.98 Å². The van der Waals surface area contributed by atoms with Crippen molar-refractivity contribution in [3.8, 4) is 0 Å². The summed E-state index contributed by atoms with van der Waals surface area (Å²) in [6.45, 7) is 2.65. The van der Waals surface area contributed by atoms with Crippen LogP contribution in [-0.4, -0.2) is 35.4 Å². The number of rotatable bonds is 2. The fourth-order valence-electron chi connectivity index (χ4n) is 2.36. The number of nitrogens with zero attached hydrogens (tertiary/aromatic N) is 2. The second kappa shape index (κ2) is 4.99. The molecule has 0 spiro atoms. The summed E-state index contributed by atoms with van der Waals surface area (Å²) in [4.78, 5) is 4.69. The van der Waals surface area contributed by atoms with E-state index < -0.39 is 0 Å². The minimum absolute atomic E-state index is 0.234. The minimum Gasteiger partial charge on any atom is -0.375 e. The highest BCUT2D eigenvalue weighted by Crippen LogP contribution is 2.21. The van der Waals surface area contributed by atoms with Crippen molar-refractivity contribution in [2.45, 2.75) is 12.5 Å². The van der Waals surface area contributed by atoms with Gasteiger partial charge in [0.2, 0.25) is 0 Å². The molecule has 1 aromatic carbocycles. The topological polar surface area (TPSA) is 39.1 Å². The van der Waals surface area contributed by atoms with Crippen LogP contribution in [0.1, 0.15) is 5.82 Å². The average molecular weight is 310 g/mol. The molecular weight excluding hydrogens is 294 g/mol. The number of fused-ring (bicyclic) bond motifs is 1. The third-order valence-corrected chi connectivity index (χ3v) is 3.84. The molecule has 1 unspecified atom stereocenters. The lowest BCUT2D eigenvalue weighted by atomic mass is 10.2. The Balaban J connectivity index is 1.89. The molecular formula is C13H16BrN3O. The highest BCUT2D eigenvalue weighted by Gasteiger charge is 2.17. The molecule has 0 bridgehead atoms. The number of aromatic nitrogens is 2. The lowest BCUT2D eigenvalue weighted by Gasteiger charge is -2.23. The lowest BCUT2D eigenvalue weighted by Crippen LogP contribution is -2.40. The minimum atomic E-state index is 0.234.